The van der Waals surface area contributed by atoms with E-state index in [0.717, 1.165) is 19.5 Å². The number of esters is 1. The molecule has 0 aromatic heterocycles. The van der Waals surface area contributed by atoms with Crippen LogP contribution in [0.4, 0.5) is 0 Å². The molecule has 0 saturated carbocycles. The van der Waals surface area contributed by atoms with Crippen LogP contribution in [-0.2, 0) is 19.1 Å². The lowest BCUT2D eigenvalue weighted by Crippen LogP contribution is -2.55. The number of ether oxygens (including phenoxy) is 2. The molecule has 96 valence electrons. The van der Waals surface area contributed by atoms with E-state index in [9.17, 15) is 9.59 Å². The van der Waals surface area contributed by atoms with Crippen molar-refractivity contribution in [3.63, 3.8) is 0 Å². The zero-order valence-corrected chi connectivity index (χ0v) is 10.1. The van der Waals surface area contributed by atoms with Crippen LogP contribution in [-0.4, -0.2) is 74.2 Å². The number of nitrogens with zero attached hydrogens (tertiary/aromatic N) is 2. The van der Waals surface area contributed by atoms with Gasteiger partial charge in [-0.25, -0.2) is 0 Å². The van der Waals surface area contributed by atoms with Gasteiger partial charge < -0.3 is 14.4 Å². The smallest absolute Gasteiger partial charge is 0.325 e. The van der Waals surface area contributed by atoms with Crippen LogP contribution in [0, 0.1) is 0 Å². The molecular formula is C11H18N2O4. The summed E-state index contributed by atoms with van der Waals surface area (Å²) in [6.45, 7) is 3.42. The highest BCUT2D eigenvalue weighted by molar-refractivity contribution is 5.81. The highest BCUT2D eigenvalue weighted by atomic mass is 16.5. The van der Waals surface area contributed by atoms with Crippen LogP contribution in [0.5, 0.6) is 0 Å². The molecule has 0 radical (unpaired) electrons. The number of likely N-dealkylation sites (tertiary alicyclic amines) is 1. The van der Waals surface area contributed by atoms with E-state index in [1.165, 1.54) is 7.11 Å². The zero-order valence-electron chi connectivity index (χ0n) is 10.1. The van der Waals surface area contributed by atoms with E-state index in [2.05, 4.69) is 0 Å². The fourth-order valence-electron chi connectivity index (χ4n) is 2.02. The van der Waals surface area contributed by atoms with Crippen LogP contribution in [0.1, 0.15) is 6.42 Å². The van der Waals surface area contributed by atoms with Crippen LogP contribution in [0.2, 0.25) is 0 Å². The zero-order chi connectivity index (χ0) is 12.3. The Morgan fingerprint density at radius 1 is 1.35 bits per heavy atom. The summed E-state index contributed by atoms with van der Waals surface area (Å²) in [4.78, 5) is 27.0. The van der Waals surface area contributed by atoms with Gasteiger partial charge in [-0.2, -0.15) is 0 Å². The van der Waals surface area contributed by atoms with Gasteiger partial charge in [-0.3, -0.25) is 14.5 Å². The Hall–Kier alpha value is -1.14. The summed E-state index contributed by atoms with van der Waals surface area (Å²) in [6, 6.07) is -0.445. The average Bonchev–Trinajstić information content (AvgIpc) is 2.26. The molecule has 2 rings (SSSR count). The van der Waals surface area contributed by atoms with E-state index >= 15 is 0 Å². The van der Waals surface area contributed by atoms with Crippen molar-refractivity contribution >= 4 is 11.9 Å². The maximum Gasteiger partial charge on any atom is 0.325 e. The SMILES string of the molecule is COC(=O)C1COCCN1CC(=O)N1CCC1. The lowest BCUT2D eigenvalue weighted by molar-refractivity contribution is -0.155. The van der Waals surface area contributed by atoms with Gasteiger partial charge in [0.05, 0.1) is 26.9 Å². The first-order valence-corrected chi connectivity index (χ1v) is 5.90. The Balaban J connectivity index is 1.91. The predicted molar refractivity (Wildman–Crippen MR) is 59.4 cm³/mol. The van der Waals surface area contributed by atoms with Crippen LogP contribution < -0.4 is 0 Å². The van der Waals surface area contributed by atoms with Gasteiger partial charge in [0.2, 0.25) is 5.91 Å². The molecule has 0 spiro atoms. The van der Waals surface area contributed by atoms with Gasteiger partial charge >= 0.3 is 5.97 Å². The Morgan fingerprint density at radius 3 is 2.71 bits per heavy atom. The highest BCUT2D eigenvalue weighted by Gasteiger charge is 2.33. The standard InChI is InChI=1S/C11H18N2O4/c1-16-11(15)9-8-17-6-5-13(9)7-10(14)12-3-2-4-12/h9H,2-8H2,1H3. The molecule has 2 saturated heterocycles. The summed E-state index contributed by atoms with van der Waals surface area (Å²) < 4.78 is 9.97. The van der Waals surface area contributed by atoms with Crippen molar-refractivity contribution < 1.29 is 19.1 Å². The number of methoxy groups -OCH3 is 1. The van der Waals surface area contributed by atoms with E-state index in [1.54, 1.807) is 0 Å². The second kappa shape index (κ2) is 5.46. The molecule has 0 bridgehead atoms. The molecule has 0 aromatic rings. The fraction of sp³-hybridized carbons (Fsp3) is 0.818. The minimum absolute atomic E-state index is 0.0899. The number of carbonyl (C=O) groups excluding carboxylic acids is 2. The second-order valence-electron chi connectivity index (χ2n) is 4.32. The number of hydrogen-bond donors (Lipinski definition) is 0. The summed E-state index contributed by atoms with van der Waals surface area (Å²) in [5.41, 5.74) is 0. The molecule has 6 nitrogen and oxygen atoms in total. The Kier molecular flexibility index (Phi) is 3.96. The predicted octanol–water partition coefficient (Wildman–Crippen LogP) is -0.907. The molecular weight excluding hydrogens is 224 g/mol. The third kappa shape index (κ3) is 2.76. The molecule has 1 amide bonds. The Bertz CT molecular complexity index is 304. The van der Waals surface area contributed by atoms with E-state index < -0.39 is 6.04 Å². The minimum Gasteiger partial charge on any atom is -0.468 e. The normalized spacial score (nSPS) is 25.2. The molecule has 0 aliphatic carbocycles. The third-order valence-corrected chi connectivity index (χ3v) is 3.26. The van der Waals surface area contributed by atoms with Crippen molar-refractivity contribution in [2.45, 2.75) is 12.5 Å². The summed E-state index contributed by atoms with van der Waals surface area (Å²) >= 11 is 0. The van der Waals surface area contributed by atoms with E-state index in [-0.39, 0.29) is 18.4 Å². The van der Waals surface area contributed by atoms with Crippen molar-refractivity contribution in [1.82, 2.24) is 9.80 Å². The maximum absolute atomic E-state index is 11.8. The van der Waals surface area contributed by atoms with Crippen LogP contribution in [0.15, 0.2) is 0 Å². The van der Waals surface area contributed by atoms with Gasteiger partial charge in [0.15, 0.2) is 0 Å². The van der Waals surface area contributed by atoms with Crippen LogP contribution in [0.25, 0.3) is 0 Å². The van der Waals surface area contributed by atoms with Crippen molar-refractivity contribution in [2.75, 3.05) is 46.5 Å². The molecule has 17 heavy (non-hydrogen) atoms. The van der Waals surface area contributed by atoms with Gasteiger partial charge in [0.25, 0.3) is 0 Å². The monoisotopic (exact) mass is 242 g/mol. The number of rotatable bonds is 3. The average molecular weight is 242 g/mol. The molecule has 0 aromatic carbocycles. The molecule has 0 N–H and O–H groups in total. The van der Waals surface area contributed by atoms with Gasteiger partial charge in [-0.15, -0.1) is 0 Å². The van der Waals surface area contributed by atoms with E-state index in [0.29, 0.717) is 19.8 Å². The lowest BCUT2D eigenvalue weighted by Gasteiger charge is -2.37. The number of carbonyl (C=O) groups is 2. The first-order valence-electron chi connectivity index (χ1n) is 5.90. The molecule has 2 fully saturated rings. The van der Waals surface area contributed by atoms with Crippen molar-refractivity contribution in [1.29, 1.82) is 0 Å². The Labute approximate surface area is 100 Å². The topological polar surface area (TPSA) is 59.1 Å². The quantitative estimate of drug-likeness (QED) is 0.600. The summed E-state index contributed by atoms with van der Waals surface area (Å²) in [7, 11) is 1.35. The molecule has 2 aliphatic rings. The fourth-order valence-corrected chi connectivity index (χ4v) is 2.02. The van der Waals surface area contributed by atoms with Gasteiger partial charge in [0, 0.05) is 19.6 Å². The van der Waals surface area contributed by atoms with Gasteiger partial charge in [-0.05, 0) is 6.42 Å². The third-order valence-electron chi connectivity index (χ3n) is 3.26. The van der Waals surface area contributed by atoms with Gasteiger partial charge in [-0.1, -0.05) is 0 Å². The maximum atomic E-state index is 11.8. The minimum atomic E-state index is -0.445. The first kappa shape index (κ1) is 12.3. The summed E-state index contributed by atoms with van der Waals surface area (Å²) in [5, 5.41) is 0. The van der Waals surface area contributed by atoms with Crippen LogP contribution >= 0.6 is 0 Å². The van der Waals surface area contributed by atoms with E-state index in [4.69, 9.17) is 9.47 Å². The molecule has 2 heterocycles. The number of hydrogen-bond acceptors (Lipinski definition) is 5. The van der Waals surface area contributed by atoms with Crippen molar-refractivity contribution in [3.05, 3.63) is 0 Å². The van der Waals surface area contributed by atoms with Crippen molar-refractivity contribution in [3.8, 4) is 0 Å². The largest absolute Gasteiger partial charge is 0.468 e. The molecule has 1 atom stereocenters. The number of amides is 1. The number of morpholine rings is 1. The first-order chi connectivity index (χ1) is 8.22. The second-order valence-corrected chi connectivity index (χ2v) is 4.32. The van der Waals surface area contributed by atoms with Crippen molar-refractivity contribution in [2.24, 2.45) is 0 Å². The molecule has 6 heteroatoms. The highest BCUT2D eigenvalue weighted by Crippen LogP contribution is 2.11. The molecule has 1 unspecified atom stereocenters. The molecule has 2 aliphatic heterocycles. The lowest BCUT2D eigenvalue weighted by atomic mass is 10.2. The summed E-state index contributed by atoms with van der Waals surface area (Å²) in [5.74, 6) is -0.242. The van der Waals surface area contributed by atoms with Crippen LogP contribution in [0.3, 0.4) is 0 Å². The summed E-state index contributed by atoms with van der Waals surface area (Å²) in [6.07, 6.45) is 1.08. The van der Waals surface area contributed by atoms with E-state index in [1.807, 2.05) is 9.80 Å². The van der Waals surface area contributed by atoms with Gasteiger partial charge in [0.1, 0.15) is 6.04 Å². The Morgan fingerprint density at radius 2 is 2.12 bits per heavy atom.